The molecule has 0 saturated heterocycles. The van der Waals surface area contributed by atoms with Crippen molar-refractivity contribution in [1.29, 1.82) is 0 Å². The molecule has 0 aliphatic rings. The molecule has 0 aromatic heterocycles. The molecule has 3 aromatic carbocycles. The van der Waals surface area contributed by atoms with Crippen molar-refractivity contribution in [2.75, 3.05) is 25.7 Å². The Hall–Kier alpha value is -2.36. The van der Waals surface area contributed by atoms with Gasteiger partial charge in [0.05, 0.1) is 5.45 Å². The number of benzene rings is 3. The van der Waals surface area contributed by atoms with E-state index in [2.05, 4.69) is 120 Å². The summed E-state index contributed by atoms with van der Waals surface area (Å²) in [7, 11) is 2.06. The summed E-state index contributed by atoms with van der Waals surface area (Å²) in [6.07, 6.45) is 0.964. The van der Waals surface area contributed by atoms with Gasteiger partial charge in [0.1, 0.15) is 12.4 Å². The molecule has 0 heterocycles. The molecule has 3 aromatic rings. The van der Waals surface area contributed by atoms with Crippen LogP contribution < -0.4 is 4.74 Å². The highest BCUT2D eigenvalue weighted by molar-refractivity contribution is 9.09. The molecular weight excluding hydrogens is 422 g/mol. The van der Waals surface area contributed by atoms with Gasteiger partial charge in [-0.2, -0.15) is 0 Å². The summed E-state index contributed by atoms with van der Waals surface area (Å²) >= 11 is 3.45. The van der Waals surface area contributed by atoms with E-state index in [4.69, 9.17) is 4.74 Å². The number of rotatable bonds is 9. The smallest absolute Gasteiger partial charge is 0.119 e. The zero-order valence-electron chi connectivity index (χ0n) is 17.1. The van der Waals surface area contributed by atoms with E-state index in [0.717, 1.165) is 24.2 Å². The highest BCUT2D eigenvalue weighted by Gasteiger charge is 2.13. The van der Waals surface area contributed by atoms with E-state index in [9.17, 15) is 0 Å². The lowest BCUT2D eigenvalue weighted by Crippen LogP contribution is -2.22. The summed E-state index contributed by atoms with van der Waals surface area (Å²) in [4.78, 5) is 2.16. The van der Waals surface area contributed by atoms with E-state index >= 15 is 0 Å². The lowest BCUT2D eigenvalue weighted by atomic mass is 9.88. The minimum absolute atomic E-state index is 0.674. The molecule has 150 valence electrons. The SMILES string of the molecule is CC/C(=C(\c1ccccc1)c1ccc(OCCN(C)CBr)cc1)c1ccccc1. The normalized spacial score (nSPS) is 12.0. The van der Waals surface area contributed by atoms with Gasteiger partial charge in [0, 0.05) is 6.54 Å². The van der Waals surface area contributed by atoms with Crippen molar-refractivity contribution in [2.45, 2.75) is 13.3 Å². The number of likely N-dealkylation sites (N-methyl/N-ethyl adjacent to an activating group) is 1. The molecule has 0 saturated carbocycles. The fourth-order valence-corrected chi connectivity index (χ4v) is 3.63. The number of hydrogen-bond donors (Lipinski definition) is 0. The molecule has 0 bridgehead atoms. The van der Waals surface area contributed by atoms with Crippen LogP contribution in [0.2, 0.25) is 0 Å². The molecule has 29 heavy (non-hydrogen) atoms. The third-order valence-electron chi connectivity index (χ3n) is 4.93. The molecule has 2 nitrogen and oxygen atoms in total. The second-order valence-electron chi connectivity index (χ2n) is 7.01. The van der Waals surface area contributed by atoms with Crippen molar-refractivity contribution in [3.05, 3.63) is 102 Å². The van der Waals surface area contributed by atoms with Gasteiger partial charge in [0.25, 0.3) is 0 Å². The van der Waals surface area contributed by atoms with Crippen LogP contribution >= 0.6 is 15.9 Å². The summed E-state index contributed by atoms with van der Waals surface area (Å²) in [5, 5.41) is 0. The molecule has 0 atom stereocenters. The first-order valence-corrected chi connectivity index (χ1v) is 11.2. The quantitative estimate of drug-likeness (QED) is 0.204. The lowest BCUT2D eigenvalue weighted by molar-refractivity contribution is 0.258. The minimum atomic E-state index is 0.674. The zero-order valence-corrected chi connectivity index (χ0v) is 18.7. The van der Waals surface area contributed by atoms with Crippen LogP contribution in [-0.2, 0) is 0 Å². The number of nitrogens with zero attached hydrogens (tertiary/aromatic N) is 1. The molecule has 0 amide bonds. The minimum Gasteiger partial charge on any atom is -0.492 e. The summed E-state index contributed by atoms with van der Waals surface area (Å²) in [5.41, 5.74) is 7.20. The largest absolute Gasteiger partial charge is 0.492 e. The lowest BCUT2D eigenvalue weighted by Gasteiger charge is -2.17. The molecule has 0 aliphatic heterocycles. The van der Waals surface area contributed by atoms with Gasteiger partial charge in [-0.15, -0.1) is 0 Å². The van der Waals surface area contributed by atoms with Gasteiger partial charge >= 0.3 is 0 Å². The Labute approximate surface area is 183 Å². The number of hydrogen-bond acceptors (Lipinski definition) is 2. The topological polar surface area (TPSA) is 12.5 Å². The van der Waals surface area contributed by atoms with Crippen LogP contribution in [0.1, 0.15) is 30.0 Å². The van der Waals surface area contributed by atoms with Crippen molar-refractivity contribution in [3.63, 3.8) is 0 Å². The molecule has 0 spiro atoms. The van der Waals surface area contributed by atoms with Gasteiger partial charge < -0.3 is 4.74 Å². The van der Waals surface area contributed by atoms with E-state index in [1.165, 1.54) is 27.8 Å². The Balaban J connectivity index is 1.94. The van der Waals surface area contributed by atoms with Gasteiger partial charge in [0.15, 0.2) is 0 Å². The third-order valence-corrected chi connectivity index (χ3v) is 5.78. The van der Waals surface area contributed by atoms with E-state index < -0.39 is 0 Å². The molecule has 0 aliphatic carbocycles. The van der Waals surface area contributed by atoms with Crippen LogP contribution in [0.25, 0.3) is 11.1 Å². The fraction of sp³-hybridized carbons (Fsp3) is 0.231. The van der Waals surface area contributed by atoms with Crippen molar-refractivity contribution >= 4 is 27.1 Å². The zero-order chi connectivity index (χ0) is 20.5. The van der Waals surface area contributed by atoms with Crippen molar-refractivity contribution in [2.24, 2.45) is 0 Å². The summed E-state index contributed by atoms with van der Waals surface area (Å²) in [6, 6.07) is 29.8. The van der Waals surface area contributed by atoms with Crippen LogP contribution in [0.15, 0.2) is 84.9 Å². The van der Waals surface area contributed by atoms with Crippen LogP contribution in [0.3, 0.4) is 0 Å². The molecule has 3 rings (SSSR count). The molecular formula is C26H28BrNO. The van der Waals surface area contributed by atoms with E-state index in [1.807, 2.05) is 0 Å². The Morgan fingerprint density at radius 3 is 1.90 bits per heavy atom. The van der Waals surface area contributed by atoms with Crippen LogP contribution in [-0.4, -0.2) is 30.6 Å². The van der Waals surface area contributed by atoms with E-state index in [-0.39, 0.29) is 0 Å². The van der Waals surface area contributed by atoms with E-state index in [1.54, 1.807) is 0 Å². The van der Waals surface area contributed by atoms with E-state index in [0.29, 0.717) is 6.61 Å². The average Bonchev–Trinajstić information content (AvgIpc) is 2.79. The molecule has 0 radical (unpaired) electrons. The Kier molecular flexibility index (Phi) is 8.09. The highest BCUT2D eigenvalue weighted by atomic mass is 79.9. The number of alkyl halides is 1. The van der Waals surface area contributed by atoms with Crippen LogP contribution in [0, 0.1) is 0 Å². The predicted octanol–water partition coefficient (Wildman–Crippen LogP) is 6.72. The number of halogens is 1. The second-order valence-corrected chi connectivity index (χ2v) is 7.51. The van der Waals surface area contributed by atoms with Gasteiger partial charge in [-0.3, -0.25) is 4.90 Å². The Morgan fingerprint density at radius 1 is 0.793 bits per heavy atom. The van der Waals surface area contributed by atoms with Crippen LogP contribution in [0.5, 0.6) is 5.75 Å². The maximum Gasteiger partial charge on any atom is 0.119 e. The first-order valence-electron chi connectivity index (χ1n) is 10.0. The van der Waals surface area contributed by atoms with Crippen molar-refractivity contribution in [3.8, 4) is 5.75 Å². The van der Waals surface area contributed by atoms with Gasteiger partial charge in [-0.1, -0.05) is 95.7 Å². The molecule has 0 N–H and O–H groups in total. The summed E-state index contributed by atoms with van der Waals surface area (Å²) in [5.74, 6) is 0.905. The standard InChI is InChI=1S/C26H28BrNO/c1-3-25(21-10-6-4-7-11-21)26(22-12-8-5-9-13-22)23-14-16-24(17-15-23)29-19-18-28(2)20-27/h4-17H,3,18-20H2,1-2H3/b26-25-. The highest BCUT2D eigenvalue weighted by Crippen LogP contribution is 2.34. The predicted molar refractivity (Wildman–Crippen MR) is 127 cm³/mol. The molecule has 0 unspecified atom stereocenters. The summed E-state index contributed by atoms with van der Waals surface area (Å²) < 4.78 is 5.91. The fourth-order valence-electron chi connectivity index (χ4n) is 3.38. The first-order chi connectivity index (χ1) is 14.2. The van der Waals surface area contributed by atoms with Gasteiger partial charge in [0.2, 0.25) is 0 Å². The summed E-state index contributed by atoms with van der Waals surface area (Å²) in [6.45, 7) is 3.78. The van der Waals surface area contributed by atoms with Gasteiger partial charge in [-0.05, 0) is 53.4 Å². The first kappa shape index (κ1) is 21.4. The van der Waals surface area contributed by atoms with Crippen molar-refractivity contribution < 1.29 is 4.74 Å². The Morgan fingerprint density at radius 2 is 1.34 bits per heavy atom. The number of allylic oxidation sites excluding steroid dienone is 1. The number of ether oxygens (including phenoxy) is 1. The monoisotopic (exact) mass is 449 g/mol. The van der Waals surface area contributed by atoms with Crippen LogP contribution in [0.4, 0.5) is 0 Å². The third kappa shape index (κ3) is 5.81. The molecule has 3 heteroatoms. The van der Waals surface area contributed by atoms with Gasteiger partial charge in [-0.25, -0.2) is 0 Å². The average molecular weight is 450 g/mol. The Bertz CT molecular complexity index is 904. The second kappa shape index (κ2) is 11.0. The molecule has 0 fully saturated rings. The maximum absolute atomic E-state index is 5.91. The maximum atomic E-state index is 5.91. The van der Waals surface area contributed by atoms with Crippen molar-refractivity contribution in [1.82, 2.24) is 4.90 Å².